The number of anilines is 1. The minimum Gasteiger partial charge on any atom is -0.383 e. The van der Waals surface area contributed by atoms with Crippen molar-refractivity contribution in [2.45, 2.75) is 6.42 Å². The second-order valence-electron chi connectivity index (χ2n) is 5.35. The first-order chi connectivity index (χ1) is 11.7. The average Bonchev–Trinajstić information content (AvgIpc) is 2.63. The number of methoxy groups -OCH3 is 1. The molecule has 1 aliphatic rings. The van der Waals surface area contributed by atoms with Crippen LogP contribution in [0.4, 0.5) is 5.95 Å². The molecule has 0 saturated carbocycles. The van der Waals surface area contributed by atoms with Gasteiger partial charge in [0, 0.05) is 58.6 Å². The van der Waals surface area contributed by atoms with Crippen LogP contribution in [0.2, 0.25) is 0 Å². The highest BCUT2D eigenvalue weighted by Crippen LogP contribution is 2.10. The molecule has 1 aliphatic heterocycles. The Morgan fingerprint density at radius 1 is 1.33 bits per heavy atom. The van der Waals surface area contributed by atoms with Gasteiger partial charge in [-0.05, 0) is 6.07 Å². The Morgan fingerprint density at radius 3 is 2.71 bits per heavy atom. The van der Waals surface area contributed by atoms with E-state index in [4.69, 9.17) is 10.5 Å². The highest BCUT2D eigenvalue weighted by molar-refractivity contribution is 5.80. The zero-order valence-corrected chi connectivity index (χ0v) is 14.0. The molecule has 0 aromatic carbocycles. The topological polar surface area (TPSA) is 109 Å². The van der Waals surface area contributed by atoms with Crippen LogP contribution in [0.3, 0.4) is 0 Å². The van der Waals surface area contributed by atoms with Crippen LogP contribution in [0.25, 0.3) is 0 Å². The Bertz CT molecular complexity index is 530. The van der Waals surface area contributed by atoms with Crippen molar-refractivity contribution in [2.75, 3.05) is 57.9 Å². The number of rotatable bonds is 7. The summed E-state index contributed by atoms with van der Waals surface area (Å²) >= 11 is 0. The van der Waals surface area contributed by atoms with E-state index < -0.39 is 0 Å². The fourth-order valence-corrected chi connectivity index (χ4v) is 2.38. The third kappa shape index (κ3) is 5.65. The summed E-state index contributed by atoms with van der Waals surface area (Å²) in [6.45, 7) is 4.34. The van der Waals surface area contributed by atoms with Crippen molar-refractivity contribution in [3.63, 3.8) is 0 Å². The lowest BCUT2D eigenvalue weighted by molar-refractivity contribution is -0.131. The van der Waals surface area contributed by atoms with Crippen molar-refractivity contribution < 1.29 is 9.53 Å². The van der Waals surface area contributed by atoms with Crippen LogP contribution < -0.4 is 16.0 Å². The van der Waals surface area contributed by atoms with E-state index in [1.807, 2.05) is 4.90 Å². The number of nitrogens with zero attached hydrogens (tertiary/aromatic N) is 5. The van der Waals surface area contributed by atoms with Gasteiger partial charge in [-0.15, -0.1) is 0 Å². The Kier molecular flexibility index (Phi) is 7.21. The predicted octanol–water partition coefficient (Wildman–Crippen LogP) is -0.934. The van der Waals surface area contributed by atoms with E-state index in [1.165, 1.54) is 0 Å². The second-order valence-corrected chi connectivity index (χ2v) is 5.35. The Hall–Kier alpha value is -2.42. The van der Waals surface area contributed by atoms with Crippen LogP contribution in [-0.2, 0) is 9.53 Å². The van der Waals surface area contributed by atoms with Gasteiger partial charge < -0.3 is 25.6 Å². The molecular weight excluding hydrogens is 310 g/mol. The molecule has 9 heteroatoms. The molecule has 24 heavy (non-hydrogen) atoms. The normalized spacial score (nSPS) is 15.5. The number of nitrogens with two attached hydrogens (primary N) is 1. The van der Waals surface area contributed by atoms with Gasteiger partial charge in [0.15, 0.2) is 5.96 Å². The summed E-state index contributed by atoms with van der Waals surface area (Å²) in [5.41, 5.74) is 5.70. The number of hydrogen-bond donors (Lipinski definition) is 2. The van der Waals surface area contributed by atoms with Gasteiger partial charge in [-0.25, -0.2) is 9.97 Å². The summed E-state index contributed by atoms with van der Waals surface area (Å²) in [4.78, 5) is 28.7. The molecule has 9 nitrogen and oxygen atoms in total. The molecule has 0 spiro atoms. The van der Waals surface area contributed by atoms with E-state index in [2.05, 4.69) is 25.2 Å². The maximum absolute atomic E-state index is 12.2. The molecule has 1 aromatic heterocycles. The fourth-order valence-electron chi connectivity index (χ4n) is 2.38. The average molecular weight is 335 g/mol. The number of piperazine rings is 1. The maximum Gasteiger partial charge on any atom is 0.225 e. The molecular formula is C15H25N7O2. The van der Waals surface area contributed by atoms with Crippen LogP contribution in [0, 0.1) is 0 Å². The molecule has 1 amide bonds. The number of carbonyl (C=O) groups excluding carboxylic acids is 1. The fraction of sp³-hybridized carbons (Fsp3) is 0.600. The number of amides is 1. The van der Waals surface area contributed by atoms with Crippen LogP contribution in [0.5, 0.6) is 0 Å². The monoisotopic (exact) mass is 335 g/mol. The molecule has 0 atom stereocenters. The highest BCUT2D eigenvalue weighted by atomic mass is 16.5. The van der Waals surface area contributed by atoms with Crippen LogP contribution in [-0.4, -0.2) is 79.7 Å². The van der Waals surface area contributed by atoms with Crippen LogP contribution in [0.1, 0.15) is 6.42 Å². The van der Waals surface area contributed by atoms with E-state index in [1.54, 1.807) is 25.6 Å². The third-order valence-electron chi connectivity index (χ3n) is 3.69. The van der Waals surface area contributed by atoms with E-state index >= 15 is 0 Å². The molecule has 1 fully saturated rings. The van der Waals surface area contributed by atoms with Crippen molar-refractivity contribution in [2.24, 2.45) is 10.7 Å². The van der Waals surface area contributed by atoms with E-state index in [9.17, 15) is 4.79 Å². The van der Waals surface area contributed by atoms with Gasteiger partial charge in [-0.3, -0.25) is 9.79 Å². The standard InChI is InChI=1S/C15H25N7O2/c1-24-12-7-18-14(16)17-6-3-13(23)21-8-10-22(11-9-21)15-19-4-2-5-20-15/h2,4-5H,3,6-12H2,1H3,(H3,16,17,18). The summed E-state index contributed by atoms with van der Waals surface area (Å²) in [7, 11) is 1.61. The molecule has 0 radical (unpaired) electrons. The van der Waals surface area contributed by atoms with Gasteiger partial charge in [0.25, 0.3) is 0 Å². The number of aliphatic imine (C=N–C) groups is 1. The quantitative estimate of drug-likeness (QED) is 0.376. The van der Waals surface area contributed by atoms with Crippen molar-refractivity contribution >= 4 is 17.8 Å². The van der Waals surface area contributed by atoms with Gasteiger partial charge in [0.1, 0.15) is 0 Å². The van der Waals surface area contributed by atoms with E-state index in [0.717, 1.165) is 13.1 Å². The van der Waals surface area contributed by atoms with Crippen molar-refractivity contribution in [3.8, 4) is 0 Å². The lowest BCUT2D eigenvalue weighted by atomic mass is 10.3. The lowest BCUT2D eigenvalue weighted by Gasteiger charge is -2.34. The first-order valence-corrected chi connectivity index (χ1v) is 8.03. The molecule has 1 aromatic rings. The van der Waals surface area contributed by atoms with Gasteiger partial charge in [0.05, 0.1) is 13.2 Å². The molecule has 0 unspecified atom stereocenters. The lowest BCUT2D eigenvalue weighted by Crippen LogP contribution is -2.49. The Morgan fingerprint density at radius 2 is 2.04 bits per heavy atom. The molecule has 0 bridgehead atoms. The summed E-state index contributed by atoms with van der Waals surface area (Å²) in [5.74, 6) is 1.16. The SMILES string of the molecule is COCCN=C(N)NCCC(=O)N1CCN(c2ncccn2)CC1. The van der Waals surface area contributed by atoms with Gasteiger partial charge in [-0.2, -0.15) is 0 Å². The minimum absolute atomic E-state index is 0.112. The number of guanidine groups is 1. The maximum atomic E-state index is 12.2. The molecule has 2 rings (SSSR count). The summed E-state index contributed by atoms with van der Waals surface area (Å²) in [6, 6.07) is 1.79. The number of nitrogens with one attached hydrogen (secondary N) is 1. The van der Waals surface area contributed by atoms with Crippen LogP contribution >= 0.6 is 0 Å². The largest absolute Gasteiger partial charge is 0.383 e. The van der Waals surface area contributed by atoms with Crippen molar-refractivity contribution in [3.05, 3.63) is 18.5 Å². The summed E-state index contributed by atoms with van der Waals surface area (Å²) in [5, 5.41) is 2.94. The third-order valence-corrected chi connectivity index (χ3v) is 3.69. The van der Waals surface area contributed by atoms with Crippen molar-refractivity contribution in [1.29, 1.82) is 0 Å². The van der Waals surface area contributed by atoms with E-state index in [0.29, 0.717) is 51.1 Å². The molecule has 2 heterocycles. The van der Waals surface area contributed by atoms with Crippen molar-refractivity contribution in [1.82, 2.24) is 20.2 Å². The number of hydrogen-bond acceptors (Lipinski definition) is 6. The molecule has 3 N–H and O–H groups in total. The minimum atomic E-state index is 0.112. The summed E-state index contributed by atoms with van der Waals surface area (Å²) < 4.78 is 4.89. The number of aromatic nitrogens is 2. The first kappa shape index (κ1) is 17.9. The predicted molar refractivity (Wildman–Crippen MR) is 91.8 cm³/mol. The number of ether oxygens (including phenoxy) is 1. The first-order valence-electron chi connectivity index (χ1n) is 8.03. The highest BCUT2D eigenvalue weighted by Gasteiger charge is 2.21. The zero-order valence-electron chi connectivity index (χ0n) is 14.0. The zero-order chi connectivity index (χ0) is 17.2. The number of carbonyl (C=O) groups is 1. The second kappa shape index (κ2) is 9.66. The Balaban J connectivity index is 1.67. The molecule has 0 aliphatic carbocycles. The van der Waals surface area contributed by atoms with Crippen LogP contribution in [0.15, 0.2) is 23.5 Å². The van der Waals surface area contributed by atoms with E-state index in [-0.39, 0.29) is 5.91 Å². The van der Waals surface area contributed by atoms with Gasteiger partial charge in [0.2, 0.25) is 11.9 Å². The molecule has 132 valence electrons. The Labute approximate surface area is 141 Å². The molecule has 1 saturated heterocycles. The summed E-state index contributed by atoms with van der Waals surface area (Å²) in [6.07, 6.45) is 3.84. The smallest absolute Gasteiger partial charge is 0.225 e. The van der Waals surface area contributed by atoms with Gasteiger partial charge >= 0.3 is 0 Å². The van der Waals surface area contributed by atoms with Gasteiger partial charge in [-0.1, -0.05) is 0 Å².